The molecule has 0 aromatic heterocycles. The van der Waals surface area contributed by atoms with Crippen LogP contribution in [0.3, 0.4) is 0 Å². The van der Waals surface area contributed by atoms with E-state index in [1.807, 2.05) is 34.6 Å². The summed E-state index contributed by atoms with van der Waals surface area (Å²) in [6.45, 7) is 15.8. The molecule has 1 aliphatic rings. The molecule has 2 amide bonds. The number of likely N-dealkylation sites (N-methyl/N-ethyl adjacent to an activating group) is 1. The van der Waals surface area contributed by atoms with E-state index in [0.717, 1.165) is 25.7 Å². The minimum Gasteiger partial charge on any atom is -0.463 e. The van der Waals surface area contributed by atoms with Crippen LogP contribution in [0.5, 0.6) is 0 Å². The fourth-order valence-corrected chi connectivity index (χ4v) is 4.27. The largest absolute Gasteiger partial charge is 0.463 e. The lowest BCUT2D eigenvalue weighted by Crippen LogP contribution is -2.57. The lowest BCUT2D eigenvalue weighted by molar-refractivity contribution is -0.142. The summed E-state index contributed by atoms with van der Waals surface area (Å²) < 4.78 is 5.09. The predicted molar refractivity (Wildman–Crippen MR) is 124 cm³/mol. The molecule has 0 heterocycles. The van der Waals surface area contributed by atoms with Crippen LogP contribution in [0, 0.1) is 23.2 Å². The molecule has 1 aliphatic carbocycles. The lowest BCUT2D eigenvalue weighted by atomic mass is 9.79. The zero-order valence-corrected chi connectivity index (χ0v) is 21.1. The smallest absolute Gasteiger partial charge is 0.333 e. The Morgan fingerprint density at radius 1 is 1.16 bits per heavy atom. The minimum atomic E-state index is -0.642. The molecule has 1 saturated carbocycles. The number of amides is 2. The van der Waals surface area contributed by atoms with Crippen LogP contribution in [0.15, 0.2) is 11.6 Å². The van der Waals surface area contributed by atoms with Crippen LogP contribution in [-0.4, -0.2) is 48.4 Å². The molecule has 0 radical (unpaired) electrons. The molecule has 0 aromatic carbocycles. The summed E-state index contributed by atoms with van der Waals surface area (Å²) in [5.41, 5.74) is 0.0351. The summed E-state index contributed by atoms with van der Waals surface area (Å²) in [5.74, 6) is -0.151. The maximum atomic E-state index is 13.6. The number of carbonyl (C=O) groups is 3. The average molecular weight is 437 g/mol. The zero-order chi connectivity index (χ0) is 23.9. The van der Waals surface area contributed by atoms with Gasteiger partial charge in [0.15, 0.2) is 0 Å². The molecule has 4 atom stereocenters. The summed E-state index contributed by atoms with van der Waals surface area (Å²) in [5, 5.41) is 3.09. The van der Waals surface area contributed by atoms with Crippen LogP contribution in [0.2, 0.25) is 0 Å². The summed E-state index contributed by atoms with van der Waals surface area (Å²) in [4.78, 5) is 40.4. The van der Waals surface area contributed by atoms with Gasteiger partial charge < -0.3 is 15.0 Å². The monoisotopic (exact) mass is 436 g/mol. The van der Waals surface area contributed by atoms with E-state index < -0.39 is 11.5 Å². The maximum Gasteiger partial charge on any atom is 0.333 e. The first-order valence-electron chi connectivity index (χ1n) is 11.7. The standard InChI is InChI=1S/C25H44N2O4/c1-10-31-24(30)18(5)15-20(16(2)3)27(9)23(29)21(25(6,7)8)26-22(28)19-14-12-11-13-17(19)4/h15-17,19-21H,10-14H2,1-9H3,(H,26,28)/b18-15+/t17?,19?,20-,21?/m1/s1. The first-order chi connectivity index (χ1) is 14.3. The third-order valence-corrected chi connectivity index (χ3v) is 6.34. The average Bonchev–Trinajstić information content (AvgIpc) is 2.68. The molecule has 6 heteroatoms. The van der Waals surface area contributed by atoms with Gasteiger partial charge in [0, 0.05) is 18.5 Å². The summed E-state index contributed by atoms with van der Waals surface area (Å²) in [6, 6.07) is -0.927. The van der Waals surface area contributed by atoms with Crippen molar-refractivity contribution in [3.8, 4) is 0 Å². The van der Waals surface area contributed by atoms with Crippen molar-refractivity contribution < 1.29 is 19.1 Å². The number of hydrogen-bond acceptors (Lipinski definition) is 4. The predicted octanol–water partition coefficient (Wildman–Crippen LogP) is 4.34. The molecule has 0 spiro atoms. The van der Waals surface area contributed by atoms with Gasteiger partial charge in [0.25, 0.3) is 0 Å². The van der Waals surface area contributed by atoms with E-state index in [4.69, 9.17) is 4.74 Å². The number of esters is 1. The van der Waals surface area contributed by atoms with E-state index >= 15 is 0 Å². The topological polar surface area (TPSA) is 75.7 Å². The Labute approximate surface area is 189 Å². The van der Waals surface area contributed by atoms with Crippen molar-refractivity contribution in [2.24, 2.45) is 23.2 Å². The fraction of sp³-hybridized carbons (Fsp3) is 0.800. The highest BCUT2D eigenvalue weighted by Crippen LogP contribution is 2.31. The first kappa shape index (κ1) is 27.2. The first-order valence-corrected chi connectivity index (χ1v) is 11.7. The van der Waals surface area contributed by atoms with Gasteiger partial charge in [-0.25, -0.2) is 4.79 Å². The summed E-state index contributed by atoms with van der Waals surface area (Å²) >= 11 is 0. The van der Waals surface area contributed by atoms with Crippen molar-refractivity contribution in [3.05, 3.63) is 11.6 Å². The Kier molecular flexibility index (Phi) is 10.2. The molecule has 6 nitrogen and oxygen atoms in total. The number of carbonyl (C=O) groups excluding carboxylic acids is 3. The molecule has 1 fully saturated rings. The Bertz CT molecular complexity index is 663. The molecule has 1 rings (SSSR count). The Morgan fingerprint density at radius 2 is 1.74 bits per heavy atom. The van der Waals surface area contributed by atoms with Gasteiger partial charge >= 0.3 is 5.97 Å². The van der Waals surface area contributed by atoms with Crippen molar-refractivity contribution in [2.75, 3.05) is 13.7 Å². The maximum absolute atomic E-state index is 13.6. The van der Waals surface area contributed by atoms with Gasteiger partial charge in [0.05, 0.1) is 12.6 Å². The van der Waals surface area contributed by atoms with E-state index in [1.165, 1.54) is 0 Å². The fourth-order valence-electron chi connectivity index (χ4n) is 4.27. The lowest BCUT2D eigenvalue weighted by Gasteiger charge is -2.38. The Morgan fingerprint density at radius 3 is 2.23 bits per heavy atom. The van der Waals surface area contributed by atoms with Crippen LogP contribution in [-0.2, 0) is 19.1 Å². The number of hydrogen-bond donors (Lipinski definition) is 1. The molecule has 3 unspecified atom stereocenters. The molecule has 0 aromatic rings. The van der Waals surface area contributed by atoms with Crippen molar-refractivity contribution >= 4 is 17.8 Å². The van der Waals surface area contributed by atoms with E-state index in [-0.39, 0.29) is 35.7 Å². The number of ether oxygens (including phenoxy) is 1. The zero-order valence-electron chi connectivity index (χ0n) is 21.1. The normalized spacial score (nSPS) is 21.9. The van der Waals surface area contributed by atoms with E-state index in [9.17, 15) is 14.4 Å². The second-order valence-corrected chi connectivity index (χ2v) is 10.4. The third kappa shape index (κ3) is 7.65. The summed E-state index contributed by atoms with van der Waals surface area (Å²) in [7, 11) is 1.75. The van der Waals surface area contributed by atoms with Crippen LogP contribution >= 0.6 is 0 Å². The van der Waals surface area contributed by atoms with Crippen molar-refractivity contribution in [3.63, 3.8) is 0 Å². The summed E-state index contributed by atoms with van der Waals surface area (Å²) in [6.07, 6.45) is 5.95. The second kappa shape index (κ2) is 11.7. The molecular weight excluding hydrogens is 392 g/mol. The number of nitrogens with zero attached hydrogens (tertiary/aromatic N) is 1. The van der Waals surface area contributed by atoms with Crippen LogP contribution in [0.25, 0.3) is 0 Å². The van der Waals surface area contributed by atoms with Crippen molar-refractivity contribution in [2.45, 2.75) is 93.2 Å². The molecule has 0 saturated heterocycles. The van der Waals surface area contributed by atoms with Crippen LogP contribution in [0.4, 0.5) is 0 Å². The molecule has 1 N–H and O–H groups in total. The quantitative estimate of drug-likeness (QED) is 0.454. The van der Waals surface area contributed by atoms with Crippen LogP contribution in [0.1, 0.15) is 81.1 Å². The SMILES string of the molecule is CCOC(=O)/C(C)=C/[C@H](C(C)C)N(C)C(=O)C(NC(=O)C1CCCCC1C)C(C)(C)C. The minimum absolute atomic E-state index is 0.0202. The van der Waals surface area contributed by atoms with E-state index in [1.54, 1.807) is 31.9 Å². The molecule has 0 bridgehead atoms. The Hall–Kier alpha value is -1.85. The second-order valence-electron chi connectivity index (χ2n) is 10.4. The van der Waals surface area contributed by atoms with Crippen LogP contribution < -0.4 is 5.32 Å². The van der Waals surface area contributed by atoms with Gasteiger partial charge in [-0.1, -0.05) is 60.5 Å². The van der Waals surface area contributed by atoms with E-state index in [0.29, 0.717) is 18.1 Å². The van der Waals surface area contributed by atoms with Crippen molar-refractivity contribution in [1.82, 2.24) is 10.2 Å². The van der Waals surface area contributed by atoms with Crippen molar-refractivity contribution in [1.29, 1.82) is 0 Å². The van der Waals surface area contributed by atoms with Gasteiger partial charge in [-0.05, 0) is 43.9 Å². The highest BCUT2D eigenvalue weighted by molar-refractivity contribution is 5.90. The molecule has 0 aliphatic heterocycles. The molecule has 31 heavy (non-hydrogen) atoms. The van der Waals surface area contributed by atoms with Gasteiger partial charge in [-0.15, -0.1) is 0 Å². The third-order valence-electron chi connectivity index (χ3n) is 6.34. The van der Waals surface area contributed by atoms with Gasteiger partial charge in [-0.3, -0.25) is 9.59 Å². The molecule has 178 valence electrons. The number of rotatable bonds is 8. The van der Waals surface area contributed by atoms with E-state index in [2.05, 4.69) is 12.2 Å². The molecular formula is C25H44N2O4. The van der Waals surface area contributed by atoms with Gasteiger partial charge in [0.2, 0.25) is 11.8 Å². The number of nitrogens with one attached hydrogen (secondary N) is 1. The van der Waals surface area contributed by atoms with Gasteiger partial charge in [0.1, 0.15) is 6.04 Å². The highest BCUT2D eigenvalue weighted by atomic mass is 16.5. The Balaban J connectivity index is 3.10. The van der Waals surface area contributed by atoms with Gasteiger partial charge in [-0.2, -0.15) is 0 Å². The highest BCUT2D eigenvalue weighted by Gasteiger charge is 2.39.